The zero-order valence-electron chi connectivity index (χ0n) is 15.7. The molecule has 2 aromatic rings. The lowest BCUT2D eigenvalue weighted by Gasteiger charge is -2.31. The molecule has 0 unspecified atom stereocenters. The number of rotatable bonds is 5. The highest BCUT2D eigenvalue weighted by atomic mass is 19.1. The highest BCUT2D eigenvalue weighted by molar-refractivity contribution is 5.67. The number of halogens is 2. The summed E-state index contributed by atoms with van der Waals surface area (Å²) >= 11 is 0. The summed E-state index contributed by atoms with van der Waals surface area (Å²) in [6.45, 7) is 4.69. The Balaban J connectivity index is 1.56. The fourth-order valence-corrected chi connectivity index (χ4v) is 2.80. The van der Waals surface area contributed by atoms with Crippen molar-refractivity contribution in [2.24, 2.45) is 0 Å². The van der Waals surface area contributed by atoms with E-state index in [2.05, 4.69) is 15.3 Å². The molecule has 1 aliphatic rings. The summed E-state index contributed by atoms with van der Waals surface area (Å²) in [6.07, 6.45) is 2.02. The van der Waals surface area contributed by atoms with Crippen LogP contribution in [0.4, 0.5) is 25.1 Å². The van der Waals surface area contributed by atoms with E-state index in [0.29, 0.717) is 37.6 Å². The van der Waals surface area contributed by atoms with Gasteiger partial charge in [0, 0.05) is 38.1 Å². The summed E-state index contributed by atoms with van der Waals surface area (Å²) in [4.78, 5) is 21.7. The minimum absolute atomic E-state index is 0.100. The third-order valence-electron chi connectivity index (χ3n) is 4.16. The van der Waals surface area contributed by atoms with Crippen molar-refractivity contribution in [3.63, 3.8) is 0 Å². The second-order valence-corrected chi connectivity index (χ2v) is 6.73. The maximum absolute atomic E-state index is 13.8. The largest absolute Gasteiger partial charge is 0.474 e. The van der Waals surface area contributed by atoms with E-state index >= 15 is 0 Å². The molecule has 28 heavy (non-hydrogen) atoms. The number of anilines is 2. The summed E-state index contributed by atoms with van der Waals surface area (Å²) in [6, 6.07) is 4.78. The van der Waals surface area contributed by atoms with Crippen molar-refractivity contribution in [3.8, 4) is 5.88 Å². The molecule has 0 atom stereocenters. The molecule has 1 aromatic heterocycles. The molecule has 7 nitrogen and oxygen atoms in total. The Morgan fingerprint density at radius 1 is 1.21 bits per heavy atom. The molecule has 0 spiro atoms. The second-order valence-electron chi connectivity index (χ2n) is 6.73. The van der Waals surface area contributed by atoms with Gasteiger partial charge in [-0.1, -0.05) is 0 Å². The molecule has 1 N–H and O–H groups in total. The number of carbonyl (C=O) groups excluding carboxylic acids is 1. The third-order valence-corrected chi connectivity index (χ3v) is 4.16. The monoisotopic (exact) mass is 392 g/mol. The minimum Gasteiger partial charge on any atom is -0.474 e. The Labute approximate surface area is 161 Å². The Hall–Kier alpha value is -2.97. The van der Waals surface area contributed by atoms with E-state index in [1.54, 1.807) is 11.0 Å². The first-order valence-electron chi connectivity index (χ1n) is 9.07. The zero-order chi connectivity index (χ0) is 20.1. The average molecular weight is 392 g/mol. The van der Waals surface area contributed by atoms with E-state index in [1.165, 1.54) is 12.4 Å². The van der Waals surface area contributed by atoms with E-state index in [-0.39, 0.29) is 24.0 Å². The summed E-state index contributed by atoms with van der Waals surface area (Å²) < 4.78 is 37.8. The lowest BCUT2D eigenvalue weighted by atomic mass is 10.1. The molecule has 9 heteroatoms. The van der Waals surface area contributed by atoms with E-state index < -0.39 is 11.6 Å². The van der Waals surface area contributed by atoms with Crippen molar-refractivity contribution < 1.29 is 23.0 Å². The predicted molar refractivity (Wildman–Crippen MR) is 98.5 cm³/mol. The smallest absolute Gasteiger partial charge is 0.410 e. The Kier molecular flexibility index (Phi) is 6.23. The molecule has 1 aliphatic heterocycles. The van der Waals surface area contributed by atoms with Crippen LogP contribution in [0.2, 0.25) is 0 Å². The molecule has 150 valence electrons. The fraction of sp³-hybridized carbons (Fsp3) is 0.421. The summed E-state index contributed by atoms with van der Waals surface area (Å²) in [5.74, 6) is -0.711. The van der Waals surface area contributed by atoms with Crippen LogP contribution < -0.4 is 10.1 Å². The summed E-state index contributed by atoms with van der Waals surface area (Å²) in [5.41, 5.74) is 0.100. The van der Waals surface area contributed by atoms with Crippen molar-refractivity contribution in [2.75, 3.05) is 18.4 Å². The van der Waals surface area contributed by atoms with Crippen molar-refractivity contribution in [1.29, 1.82) is 0 Å². The van der Waals surface area contributed by atoms with Gasteiger partial charge in [-0.3, -0.25) is 0 Å². The molecule has 1 fully saturated rings. The van der Waals surface area contributed by atoms with Crippen molar-refractivity contribution >= 4 is 17.6 Å². The van der Waals surface area contributed by atoms with Gasteiger partial charge in [0.1, 0.15) is 29.9 Å². The molecule has 0 aliphatic carbocycles. The van der Waals surface area contributed by atoms with Crippen LogP contribution in [-0.2, 0) is 4.74 Å². The number of aromatic nitrogens is 2. The van der Waals surface area contributed by atoms with Gasteiger partial charge in [-0.05, 0) is 26.0 Å². The van der Waals surface area contributed by atoms with Crippen LogP contribution in [0.3, 0.4) is 0 Å². The molecular formula is C19H22F2N4O3. The molecular weight excluding hydrogens is 370 g/mol. The lowest BCUT2D eigenvalue weighted by molar-refractivity contribution is 0.0507. The summed E-state index contributed by atoms with van der Waals surface area (Å²) in [5, 5.41) is 2.77. The summed E-state index contributed by atoms with van der Waals surface area (Å²) in [7, 11) is 0. The topological polar surface area (TPSA) is 76.6 Å². The van der Waals surface area contributed by atoms with Gasteiger partial charge >= 0.3 is 6.09 Å². The van der Waals surface area contributed by atoms with Crippen LogP contribution in [0.15, 0.2) is 30.6 Å². The normalized spacial score (nSPS) is 14.8. The first kappa shape index (κ1) is 19.8. The molecule has 3 rings (SSSR count). The highest BCUT2D eigenvalue weighted by Crippen LogP contribution is 2.23. The fourth-order valence-electron chi connectivity index (χ4n) is 2.80. The predicted octanol–water partition coefficient (Wildman–Crippen LogP) is 3.89. The van der Waals surface area contributed by atoms with Crippen LogP contribution in [0.1, 0.15) is 26.7 Å². The van der Waals surface area contributed by atoms with E-state index in [4.69, 9.17) is 9.47 Å². The van der Waals surface area contributed by atoms with Gasteiger partial charge in [-0.2, -0.15) is 0 Å². The average Bonchev–Trinajstić information content (AvgIpc) is 2.64. The number of nitrogens with one attached hydrogen (secondary N) is 1. The van der Waals surface area contributed by atoms with E-state index in [9.17, 15) is 13.6 Å². The number of benzene rings is 1. The van der Waals surface area contributed by atoms with Crippen LogP contribution >= 0.6 is 0 Å². The van der Waals surface area contributed by atoms with E-state index in [1.807, 2.05) is 13.8 Å². The molecule has 0 radical (unpaired) electrons. The van der Waals surface area contributed by atoms with Crippen LogP contribution in [0.25, 0.3) is 0 Å². The highest BCUT2D eigenvalue weighted by Gasteiger charge is 2.25. The van der Waals surface area contributed by atoms with Gasteiger partial charge in [0.2, 0.25) is 5.88 Å². The second kappa shape index (κ2) is 8.81. The molecule has 1 aromatic carbocycles. The van der Waals surface area contributed by atoms with Gasteiger partial charge < -0.3 is 19.7 Å². The standard InChI is InChI=1S/C19H22F2N4O3/c1-12(2)27-19(26)25-7-5-14(6-8-25)28-18-10-17(22-11-23-18)24-16-4-3-13(20)9-15(16)21/h3-4,9-12,14H,5-8H2,1-2H3,(H,22,23,24). The van der Waals surface area contributed by atoms with Crippen molar-refractivity contribution in [2.45, 2.75) is 38.9 Å². The molecule has 0 bridgehead atoms. The number of ether oxygens (including phenoxy) is 2. The van der Waals surface area contributed by atoms with Crippen molar-refractivity contribution in [1.82, 2.24) is 14.9 Å². The van der Waals surface area contributed by atoms with Gasteiger partial charge in [-0.15, -0.1) is 0 Å². The first-order valence-corrected chi connectivity index (χ1v) is 9.07. The lowest BCUT2D eigenvalue weighted by Crippen LogP contribution is -2.42. The number of piperidine rings is 1. The van der Waals surface area contributed by atoms with Crippen LogP contribution in [0, 0.1) is 11.6 Å². The van der Waals surface area contributed by atoms with E-state index in [0.717, 1.165) is 12.1 Å². The molecule has 0 saturated carbocycles. The van der Waals surface area contributed by atoms with Crippen LogP contribution in [-0.4, -0.2) is 46.3 Å². The SMILES string of the molecule is CC(C)OC(=O)N1CCC(Oc2cc(Nc3ccc(F)cc3F)ncn2)CC1. The number of carbonyl (C=O) groups is 1. The molecule has 1 saturated heterocycles. The van der Waals surface area contributed by atoms with Gasteiger partial charge in [0.05, 0.1) is 11.8 Å². The quantitative estimate of drug-likeness (QED) is 0.832. The van der Waals surface area contributed by atoms with Gasteiger partial charge in [0.15, 0.2) is 0 Å². The van der Waals surface area contributed by atoms with Crippen molar-refractivity contribution in [3.05, 3.63) is 42.2 Å². The van der Waals surface area contributed by atoms with Gasteiger partial charge in [0.25, 0.3) is 0 Å². The number of nitrogens with zero attached hydrogens (tertiary/aromatic N) is 3. The maximum atomic E-state index is 13.8. The molecule has 1 amide bonds. The Bertz CT molecular complexity index is 827. The first-order chi connectivity index (χ1) is 13.4. The number of hydrogen-bond donors (Lipinski definition) is 1. The Morgan fingerprint density at radius 3 is 2.64 bits per heavy atom. The van der Waals surface area contributed by atoms with Crippen LogP contribution in [0.5, 0.6) is 5.88 Å². The third kappa shape index (κ3) is 5.28. The molecule has 2 heterocycles. The minimum atomic E-state index is -0.721. The number of amides is 1. The Morgan fingerprint density at radius 2 is 1.96 bits per heavy atom. The number of hydrogen-bond acceptors (Lipinski definition) is 6. The zero-order valence-corrected chi connectivity index (χ0v) is 15.7. The number of likely N-dealkylation sites (tertiary alicyclic amines) is 1. The maximum Gasteiger partial charge on any atom is 0.410 e. The van der Waals surface area contributed by atoms with Gasteiger partial charge in [-0.25, -0.2) is 23.5 Å².